The van der Waals surface area contributed by atoms with Gasteiger partial charge in [0.15, 0.2) is 5.69 Å². The number of anilines is 1. The van der Waals surface area contributed by atoms with E-state index in [1.54, 1.807) is 37.3 Å². The molecule has 0 saturated carbocycles. The monoisotopic (exact) mass is 411 g/mol. The molecule has 0 spiro atoms. The van der Waals surface area contributed by atoms with E-state index in [0.717, 1.165) is 16.3 Å². The first-order valence-corrected chi connectivity index (χ1v) is 9.23. The van der Waals surface area contributed by atoms with Gasteiger partial charge in [0.2, 0.25) is 0 Å². The molecular weight excluding hydrogens is 394 g/mol. The molecule has 148 valence electrons. The summed E-state index contributed by atoms with van der Waals surface area (Å²) in [6.07, 6.45) is 0. The molecule has 1 amide bonds. The van der Waals surface area contributed by atoms with Crippen LogP contribution in [0.4, 0.5) is 5.69 Å². The molecule has 0 aliphatic carbocycles. The Bertz CT molecular complexity index is 1140. The van der Waals surface area contributed by atoms with Crippen molar-refractivity contribution in [3.63, 3.8) is 0 Å². The second-order valence-electron chi connectivity index (χ2n) is 6.10. The summed E-state index contributed by atoms with van der Waals surface area (Å²) in [6, 6.07) is 14.7. The van der Waals surface area contributed by atoms with Crippen molar-refractivity contribution in [3.8, 4) is 5.69 Å². The van der Waals surface area contributed by atoms with E-state index in [2.05, 4.69) is 10.4 Å². The zero-order valence-electron chi connectivity index (χ0n) is 15.8. The van der Waals surface area contributed by atoms with Crippen molar-refractivity contribution in [1.82, 2.24) is 9.78 Å². The van der Waals surface area contributed by atoms with Crippen LogP contribution in [0.25, 0.3) is 5.69 Å². The quantitative estimate of drug-likeness (QED) is 0.647. The molecule has 3 rings (SSSR count). The van der Waals surface area contributed by atoms with Gasteiger partial charge in [-0.05, 0) is 37.6 Å². The van der Waals surface area contributed by atoms with E-state index < -0.39 is 17.4 Å². The van der Waals surface area contributed by atoms with Crippen LogP contribution in [-0.2, 0) is 4.74 Å². The second kappa shape index (κ2) is 8.70. The Morgan fingerprint density at radius 3 is 2.52 bits per heavy atom. The van der Waals surface area contributed by atoms with Gasteiger partial charge in [0.05, 0.1) is 28.6 Å². The Kier molecular flexibility index (Phi) is 6.09. The number of esters is 1. The number of nitrogens with zero attached hydrogens (tertiary/aromatic N) is 2. The summed E-state index contributed by atoms with van der Waals surface area (Å²) < 4.78 is 6.15. The van der Waals surface area contributed by atoms with Crippen molar-refractivity contribution >= 4 is 29.2 Å². The fourth-order valence-corrected chi connectivity index (χ4v) is 2.93. The number of hydrogen-bond acceptors (Lipinski definition) is 5. The number of carbonyl (C=O) groups is 2. The summed E-state index contributed by atoms with van der Waals surface area (Å²) >= 11 is 6.06. The first-order valence-electron chi connectivity index (χ1n) is 8.85. The van der Waals surface area contributed by atoms with Gasteiger partial charge in [0.1, 0.15) is 0 Å². The molecule has 1 aromatic heterocycles. The minimum atomic E-state index is -0.760. The van der Waals surface area contributed by atoms with E-state index in [0.29, 0.717) is 5.69 Å². The maximum atomic E-state index is 12.7. The van der Waals surface area contributed by atoms with Gasteiger partial charge < -0.3 is 10.1 Å². The summed E-state index contributed by atoms with van der Waals surface area (Å²) in [5.41, 5.74) is 0.768. The number of hydrogen-bond donors (Lipinski definition) is 1. The summed E-state index contributed by atoms with van der Waals surface area (Å²) in [6.45, 7) is 3.58. The number of halogens is 1. The van der Waals surface area contributed by atoms with Gasteiger partial charge >= 0.3 is 5.97 Å². The Balaban J connectivity index is 2.09. The molecule has 0 radical (unpaired) electrons. The van der Waals surface area contributed by atoms with Crippen LogP contribution in [0, 0.1) is 6.92 Å². The normalized spacial score (nSPS) is 10.4. The van der Waals surface area contributed by atoms with E-state index in [-0.39, 0.29) is 28.6 Å². The smallest absolute Gasteiger partial charge is 0.360 e. The summed E-state index contributed by atoms with van der Waals surface area (Å²) in [5.74, 6) is -1.33. The Morgan fingerprint density at radius 2 is 1.83 bits per heavy atom. The van der Waals surface area contributed by atoms with Gasteiger partial charge in [-0.2, -0.15) is 9.78 Å². The number of aromatic nitrogens is 2. The van der Waals surface area contributed by atoms with Crippen LogP contribution in [-0.4, -0.2) is 28.3 Å². The molecule has 0 fully saturated rings. The van der Waals surface area contributed by atoms with E-state index in [1.165, 1.54) is 6.07 Å². The van der Waals surface area contributed by atoms with Crippen LogP contribution >= 0.6 is 11.6 Å². The number of nitrogens with one attached hydrogen (secondary N) is 1. The number of ether oxygens (including phenoxy) is 1. The lowest BCUT2D eigenvalue weighted by molar-refractivity contribution is 0.0518. The van der Waals surface area contributed by atoms with Crippen LogP contribution in [0.2, 0.25) is 5.02 Å². The minimum Gasteiger partial charge on any atom is -0.461 e. The largest absolute Gasteiger partial charge is 0.461 e. The zero-order valence-corrected chi connectivity index (χ0v) is 16.6. The minimum absolute atomic E-state index is 0.0526. The van der Waals surface area contributed by atoms with E-state index >= 15 is 0 Å². The first-order chi connectivity index (χ1) is 13.9. The van der Waals surface area contributed by atoms with Crippen molar-refractivity contribution in [2.45, 2.75) is 13.8 Å². The van der Waals surface area contributed by atoms with E-state index in [4.69, 9.17) is 16.3 Å². The number of rotatable bonds is 5. The molecule has 3 aromatic rings. The van der Waals surface area contributed by atoms with Gasteiger partial charge in [0, 0.05) is 6.07 Å². The highest BCUT2D eigenvalue weighted by Crippen LogP contribution is 2.19. The lowest BCUT2D eigenvalue weighted by Crippen LogP contribution is -2.27. The zero-order chi connectivity index (χ0) is 21.0. The number of para-hydroxylation sites is 1. The average molecular weight is 412 g/mol. The Hall–Kier alpha value is -3.45. The van der Waals surface area contributed by atoms with Crippen molar-refractivity contribution < 1.29 is 14.3 Å². The molecule has 0 saturated heterocycles. The number of aryl methyl sites for hydroxylation is 1. The van der Waals surface area contributed by atoms with Crippen molar-refractivity contribution in [2.75, 3.05) is 11.9 Å². The van der Waals surface area contributed by atoms with Crippen LogP contribution in [0.5, 0.6) is 0 Å². The van der Waals surface area contributed by atoms with Gasteiger partial charge in [-0.3, -0.25) is 9.59 Å². The summed E-state index contributed by atoms with van der Waals surface area (Å²) in [5, 5.41) is 6.95. The molecule has 2 aromatic carbocycles. The van der Waals surface area contributed by atoms with E-state index in [9.17, 15) is 14.4 Å². The number of amides is 1. The van der Waals surface area contributed by atoms with Gasteiger partial charge in [-0.15, -0.1) is 0 Å². The van der Waals surface area contributed by atoms with Crippen molar-refractivity contribution in [2.24, 2.45) is 0 Å². The summed E-state index contributed by atoms with van der Waals surface area (Å²) in [7, 11) is 0. The number of carbonyl (C=O) groups excluding carboxylic acids is 2. The molecule has 8 heteroatoms. The highest BCUT2D eigenvalue weighted by molar-refractivity contribution is 6.34. The van der Waals surface area contributed by atoms with Crippen molar-refractivity contribution in [3.05, 3.63) is 86.8 Å². The average Bonchev–Trinajstić information content (AvgIpc) is 2.69. The molecule has 0 aliphatic heterocycles. The fraction of sp³-hybridized carbons (Fsp3) is 0.143. The van der Waals surface area contributed by atoms with Gasteiger partial charge in [-0.1, -0.05) is 41.9 Å². The number of benzene rings is 2. The standard InChI is InChI=1S/C21H18ClN3O4/c1-3-29-21(28)19-16(23-20(27)14-9-5-6-10-15(14)22)12-18(26)25(24-19)17-11-7-4-8-13(17)2/h4-12H,3H2,1-2H3,(H,23,27). The third-order valence-electron chi connectivity index (χ3n) is 4.11. The second-order valence-corrected chi connectivity index (χ2v) is 6.50. The molecular formula is C21H18ClN3O4. The van der Waals surface area contributed by atoms with Crippen molar-refractivity contribution in [1.29, 1.82) is 0 Å². The first kappa shape index (κ1) is 20.3. The highest BCUT2D eigenvalue weighted by atomic mass is 35.5. The van der Waals surface area contributed by atoms with E-state index in [1.807, 2.05) is 19.1 Å². The lowest BCUT2D eigenvalue weighted by Gasteiger charge is -2.14. The molecule has 1 heterocycles. The highest BCUT2D eigenvalue weighted by Gasteiger charge is 2.21. The van der Waals surface area contributed by atoms with Crippen LogP contribution in [0.15, 0.2) is 59.4 Å². The molecule has 1 N–H and O–H groups in total. The van der Waals surface area contributed by atoms with Crippen LogP contribution in [0.1, 0.15) is 33.3 Å². The molecule has 7 nitrogen and oxygen atoms in total. The Labute approximate surface area is 171 Å². The van der Waals surface area contributed by atoms with Gasteiger partial charge in [0.25, 0.3) is 11.5 Å². The van der Waals surface area contributed by atoms with Crippen LogP contribution in [0.3, 0.4) is 0 Å². The van der Waals surface area contributed by atoms with Crippen LogP contribution < -0.4 is 10.9 Å². The Morgan fingerprint density at radius 1 is 1.14 bits per heavy atom. The topological polar surface area (TPSA) is 90.3 Å². The predicted molar refractivity (Wildman–Crippen MR) is 110 cm³/mol. The van der Waals surface area contributed by atoms with Gasteiger partial charge in [-0.25, -0.2) is 4.79 Å². The molecule has 29 heavy (non-hydrogen) atoms. The molecule has 0 aliphatic rings. The third kappa shape index (κ3) is 4.35. The summed E-state index contributed by atoms with van der Waals surface area (Å²) in [4.78, 5) is 37.7. The lowest BCUT2D eigenvalue weighted by atomic mass is 10.2. The molecule has 0 atom stereocenters. The molecule has 0 bridgehead atoms. The maximum Gasteiger partial charge on any atom is 0.360 e. The SMILES string of the molecule is CCOC(=O)c1nn(-c2ccccc2C)c(=O)cc1NC(=O)c1ccccc1Cl. The fourth-order valence-electron chi connectivity index (χ4n) is 2.71. The molecule has 0 unspecified atom stereocenters. The maximum absolute atomic E-state index is 12.7. The predicted octanol–water partition coefficient (Wildman–Crippen LogP) is 3.62. The third-order valence-corrected chi connectivity index (χ3v) is 4.44.